The summed E-state index contributed by atoms with van der Waals surface area (Å²) in [6, 6.07) is 6.14. The molecule has 0 fully saturated rings. The minimum absolute atomic E-state index is 0.922. The van der Waals surface area contributed by atoms with Crippen molar-refractivity contribution in [2.24, 2.45) is 0 Å². The van der Waals surface area contributed by atoms with Gasteiger partial charge in [0.15, 0.2) is 0 Å². The summed E-state index contributed by atoms with van der Waals surface area (Å²) in [5.41, 5.74) is 3.41. The molecule has 2 aromatic rings. The molecule has 0 aliphatic rings. The minimum atomic E-state index is 0.922. The maximum Gasteiger partial charge on any atom is 0.147 e. The van der Waals surface area contributed by atoms with Crippen molar-refractivity contribution in [3.8, 4) is 11.4 Å². The van der Waals surface area contributed by atoms with E-state index in [1.54, 1.807) is 13.3 Å². The van der Waals surface area contributed by atoms with Gasteiger partial charge in [-0.05, 0) is 30.5 Å². The van der Waals surface area contributed by atoms with Crippen LogP contribution < -0.4 is 4.74 Å². The zero-order chi connectivity index (χ0) is 11.5. The molecule has 0 unspecified atom stereocenters. The second kappa shape index (κ2) is 4.39. The molecule has 0 N–H and O–H groups in total. The van der Waals surface area contributed by atoms with Crippen LogP contribution >= 0.6 is 0 Å². The maximum absolute atomic E-state index is 5.51. The fourth-order valence-corrected chi connectivity index (χ4v) is 1.90. The summed E-state index contributed by atoms with van der Waals surface area (Å²) < 4.78 is 7.37. The number of rotatable bonds is 3. The van der Waals surface area contributed by atoms with E-state index in [0.717, 1.165) is 23.4 Å². The Hall–Kier alpha value is -1.77. The summed E-state index contributed by atoms with van der Waals surface area (Å²) in [4.78, 5) is 0. The molecule has 1 heterocycles. The third-order valence-corrected chi connectivity index (χ3v) is 2.73. The van der Waals surface area contributed by atoms with Crippen molar-refractivity contribution in [1.82, 2.24) is 9.78 Å². The Labute approximate surface area is 95.7 Å². The van der Waals surface area contributed by atoms with E-state index in [2.05, 4.69) is 31.1 Å². The number of hydrogen-bond acceptors (Lipinski definition) is 2. The van der Waals surface area contributed by atoms with Crippen LogP contribution in [0.1, 0.15) is 18.1 Å². The van der Waals surface area contributed by atoms with Gasteiger partial charge < -0.3 is 4.74 Å². The van der Waals surface area contributed by atoms with Crippen molar-refractivity contribution >= 4 is 0 Å². The average molecular weight is 216 g/mol. The van der Waals surface area contributed by atoms with E-state index in [9.17, 15) is 0 Å². The van der Waals surface area contributed by atoms with Gasteiger partial charge in [-0.15, -0.1) is 0 Å². The van der Waals surface area contributed by atoms with E-state index in [0.29, 0.717) is 0 Å². The fraction of sp³-hybridized carbons (Fsp3) is 0.308. The van der Waals surface area contributed by atoms with Crippen molar-refractivity contribution < 1.29 is 4.74 Å². The summed E-state index contributed by atoms with van der Waals surface area (Å²) in [5.74, 6) is 0.922. The standard InChI is InChI=1S/C13H16N2O/c1-4-11-7-6-10(2)12(13(11)16-3)15-9-5-8-14-15/h5-9H,4H2,1-3H3. The van der Waals surface area contributed by atoms with Crippen molar-refractivity contribution in [3.05, 3.63) is 41.7 Å². The van der Waals surface area contributed by atoms with Crippen LogP contribution in [0.4, 0.5) is 0 Å². The molecule has 0 amide bonds. The Morgan fingerprint density at radius 2 is 2.19 bits per heavy atom. The molecule has 84 valence electrons. The van der Waals surface area contributed by atoms with Gasteiger partial charge in [-0.2, -0.15) is 5.10 Å². The summed E-state index contributed by atoms with van der Waals surface area (Å²) in [7, 11) is 1.71. The first-order valence-corrected chi connectivity index (χ1v) is 5.44. The molecule has 0 atom stereocenters. The molecular formula is C13H16N2O. The third kappa shape index (κ3) is 1.69. The molecule has 16 heavy (non-hydrogen) atoms. The largest absolute Gasteiger partial charge is 0.494 e. The van der Waals surface area contributed by atoms with E-state index in [-0.39, 0.29) is 0 Å². The molecule has 0 saturated heterocycles. The summed E-state index contributed by atoms with van der Waals surface area (Å²) >= 11 is 0. The Balaban J connectivity index is 2.66. The van der Waals surface area contributed by atoms with Gasteiger partial charge in [-0.1, -0.05) is 19.1 Å². The second-order valence-electron chi connectivity index (χ2n) is 3.73. The lowest BCUT2D eigenvalue weighted by atomic mass is 10.1. The van der Waals surface area contributed by atoms with Gasteiger partial charge in [-0.3, -0.25) is 0 Å². The van der Waals surface area contributed by atoms with Crippen LogP contribution in [-0.2, 0) is 6.42 Å². The quantitative estimate of drug-likeness (QED) is 0.788. The summed E-state index contributed by atoms with van der Waals surface area (Å²) in [5, 5.41) is 4.27. The van der Waals surface area contributed by atoms with E-state index in [4.69, 9.17) is 4.74 Å². The van der Waals surface area contributed by atoms with Crippen LogP contribution in [0.3, 0.4) is 0 Å². The van der Waals surface area contributed by atoms with E-state index in [1.165, 1.54) is 5.56 Å². The zero-order valence-corrected chi connectivity index (χ0v) is 9.90. The molecule has 0 spiro atoms. The van der Waals surface area contributed by atoms with Crippen LogP contribution in [0.25, 0.3) is 5.69 Å². The van der Waals surface area contributed by atoms with Crippen LogP contribution in [-0.4, -0.2) is 16.9 Å². The van der Waals surface area contributed by atoms with Gasteiger partial charge in [0.25, 0.3) is 0 Å². The summed E-state index contributed by atoms with van der Waals surface area (Å²) in [6.45, 7) is 4.19. The normalized spacial score (nSPS) is 10.4. The van der Waals surface area contributed by atoms with Gasteiger partial charge >= 0.3 is 0 Å². The molecule has 0 saturated carbocycles. The van der Waals surface area contributed by atoms with Crippen molar-refractivity contribution in [1.29, 1.82) is 0 Å². The number of benzene rings is 1. The van der Waals surface area contributed by atoms with Gasteiger partial charge in [0.1, 0.15) is 11.4 Å². The van der Waals surface area contributed by atoms with E-state index in [1.807, 2.05) is 16.9 Å². The SMILES string of the molecule is CCc1ccc(C)c(-n2cccn2)c1OC. The predicted molar refractivity (Wildman–Crippen MR) is 64.2 cm³/mol. The first-order valence-electron chi connectivity index (χ1n) is 5.44. The lowest BCUT2D eigenvalue weighted by Gasteiger charge is -2.15. The molecule has 0 aliphatic carbocycles. The first-order chi connectivity index (χ1) is 7.77. The van der Waals surface area contributed by atoms with Gasteiger partial charge in [0, 0.05) is 12.4 Å². The highest BCUT2D eigenvalue weighted by atomic mass is 16.5. The van der Waals surface area contributed by atoms with Gasteiger partial charge in [0.05, 0.1) is 7.11 Å². The highest BCUT2D eigenvalue weighted by Gasteiger charge is 2.12. The number of aryl methyl sites for hydroxylation is 2. The third-order valence-electron chi connectivity index (χ3n) is 2.73. The Morgan fingerprint density at radius 1 is 1.38 bits per heavy atom. The van der Waals surface area contributed by atoms with Crippen LogP contribution in [0, 0.1) is 6.92 Å². The molecule has 0 aliphatic heterocycles. The maximum atomic E-state index is 5.51. The molecular weight excluding hydrogens is 200 g/mol. The van der Waals surface area contributed by atoms with Crippen molar-refractivity contribution in [3.63, 3.8) is 0 Å². The number of hydrogen-bond donors (Lipinski definition) is 0. The highest BCUT2D eigenvalue weighted by Crippen LogP contribution is 2.30. The number of aromatic nitrogens is 2. The van der Waals surface area contributed by atoms with Crippen LogP contribution in [0.2, 0.25) is 0 Å². The van der Waals surface area contributed by atoms with E-state index < -0.39 is 0 Å². The highest BCUT2D eigenvalue weighted by molar-refractivity contribution is 5.56. The zero-order valence-electron chi connectivity index (χ0n) is 9.90. The van der Waals surface area contributed by atoms with E-state index >= 15 is 0 Å². The van der Waals surface area contributed by atoms with Crippen molar-refractivity contribution in [2.75, 3.05) is 7.11 Å². The molecule has 3 heteroatoms. The Kier molecular flexibility index (Phi) is 2.95. The molecule has 0 radical (unpaired) electrons. The molecule has 1 aromatic heterocycles. The fourth-order valence-electron chi connectivity index (χ4n) is 1.90. The summed E-state index contributed by atoms with van der Waals surface area (Å²) in [6.07, 6.45) is 4.67. The molecule has 0 bridgehead atoms. The van der Waals surface area contributed by atoms with Crippen molar-refractivity contribution in [2.45, 2.75) is 20.3 Å². The minimum Gasteiger partial charge on any atom is -0.494 e. The first kappa shape index (κ1) is 10.7. The van der Waals surface area contributed by atoms with Crippen LogP contribution in [0.5, 0.6) is 5.75 Å². The number of methoxy groups -OCH3 is 1. The van der Waals surface area contributed by atoms with Gasteiger partial charge in [-0.25, -0.2) is 4.68 Å². The predicted octanol–water partition coefficient (Wildman–Crippen LogP) is 2.75. The van der Waals surface area contributed by atoms with Crippen LogP contribution in [0.15, 0.2) is 30.6 Å². The smallest absolute Gasteiger partial charge is 0.147 e. The Morgan fingerprint density at radius 3 is 2.75 bits per heavy atom. The monoisotopic (exact) mass is 216 g/mol. The Bertz CT molecular complexity index is 475. The van der Waals surface area contributed by atoms with Gasteiger partial charge in [0.2, 0.25) is 0 Å². The number of nitrogens with zero attached hydrogens (tertiary/aromatic N) is 2. The molecule has 3 nitrogen and oxygen atoms in total. The lowest BCUT2D eigenvalue weighted by molar-refractivity contribution is 0.406. The molecule has 1 aromatic carbocycles. The number of ether oxygens (including phenoxy) is 1. The topological polar surface area (TPSA) is 27.1 Å². The average Bonchev–Trinajstić information content (AvgIpc) is 2.81. The lowest BCUT2D eigenvalue weighted by Crippen LogP contribution is -2.03. The molecule has 2 rings (SSSR count). The second-order valence-corrected chi connectivity index (χ2v) is 3.73.